The predicted molar refractivity (Wildman–Crippen MR) is 81.2 cm³/mol. The molecule has 126 valence electrons. The van der Waals surface area contributed by atoms with Gasteiger partial charge in [-0.05, 0) is 44.0 Å². The summed E-state index contributed by atoms with van der Waals surface area (Å²) >= 11 is 0. The molecule has 3 rings (SSSR count). The molecule has 1 atom stereocenters. The van der Waals surface area contributed by atoms with Crippen LogP contribution < -0.4 is 0 Å². The number of alkyl halides is 3. The van der Waals surface area contributed by atoms with Gasteiger partial charge >= 0.3 is 6.18 Å². The zero-order chi connectivity index (χ0) is 17.3. The van der Waals surface area contributed by atoms with Crippen LogP contribution in [0.2, 0.25) is 0 Å². The second-order valence-electron chi connectivity index (χ2n) is 5.74. The quantitative estimate of drug-likeness (QED) is 0.839. The molecular weight excluding hydrogens is 319 g/mol. The summed E-state index contributed by atoms with van der Waals surface area (Å²) in [6.07, 6.45) is -1.23. The van der Waals surface area contributed by atoms with Crippen LogP contribution in [0.5, 0.6) is 0 Å². The monoisotopic (exact) mass is 335 g/mol. The molecule has 2 aromatic rings. The molecule has 7 heteroatoms. The van der Waals surface area contributed by atoms with Crippen LogP contribution in [0.15, 0.2) is 36.5 Å². The lowest BCUT2D eigenvalue weighted by Gasteiger charge is -2.25. The maximum absolute atomic E-state index is 12.8. The summed E-state index contributed by atoms with van der Waals surface area (Å²) in [5.74, 6) is -0.304. The normalized spacial score (nSPS) is 18.0. The molecular formula is C17H16F3N3O. The summed E-state index contributed by atoms with van der Waals surface area (Å²) in [5.41, 5.74) is 0.0902. The van der Waals surface area contributed by atoms with Gasteiger partial charge in [0, 0.05) is 12.7 Å². The minimum atomic E-state index is -4.52. The Morgan fingerprint density at radius 3 is 2.67 bits per heavy atom. The van der Waals surface area contributed by atoms with Crippen molar-refractivity contribution < 1.29 is 18.0 Å². The fourth-order valence-electron chi connectivity index (χ4n) is 2.99. The molecule has 0 aromatic carbocycles. The summed E-state index contributed by atoms with van der Waals surface area (Å²) in [6.45, 7) is 1.98. The van der Waals surface area contributed by atoms with Crippen molar-refractivity contribution in [1.29, 1.82) is 0 Å². The molecule has 0 aliphatic carbocycles. The molecule has 0 radical (unpaired) electrons. The van der Waals surface area contributed by atoms with Crippen LogP contribution in [0.4, 0.5) is 13.2 Å². The maximum Gasteiger partial charge on any atom is 0.433 e. The summed E-state index contributed by atoms with van der Waals surface area (Å²) in [4.78, 5) is 22.3. The Labute approximate surface area is 137 Å². The highest BCUT2D eigenvalue weighted by Crippen LogP contribution is 2.33. The molecule has 0 spiro atoms. The Hall–Kier alpha value is -2.44. The Morgan fingerprint density at radius 1 is 1.25 bits per heavy atom. The van der Waals surface area contributed by atoms with E-state index in [0.29, 0.717) is 6.54 Å². The number of amides is 1. The molecule has 4 nitrogen and oxygen atoms in total. The molecule has 1 amide bonds. The summed E-state index contributed by atoms with van der Waals surface area (Å²) in [5, 5.41) is 0. The van der Waals surface area contributed by atoms with E-state index in [4.69, 9.17) is 0 Å². The van der Waals surface area contributed by atoms with Crippen LogP contribution in [0.25, 0.3) is 0 Å². The zero-order valence-corrected chi connectivity index (χ0v) is 13.0. The van der Waals surface area contributed by atoms with Crippen LogP contribution >= 0.6 is 0 Å². The molecule has 0 bridgehead atoms. The number of carbonyl (C=O) groups excluding carboxylic acids is 1. The number of rotatable bonds is 2. The van der Waals surface area contributed by atoms with E-state index < -0.39 is 11.9 Å². The number of likely N-dealkylation sites (tertiary alicyclic amines) is 1. The first-order chi connectivity index (χ1) is 11.4. The van der Waals surface area contributed by atoms with Gasteiger partial charge in [-0.1, -0.05) is 6.07 Å². The highest BCUT2D eigenvalue weighted by Gasteiger charge is 2.35. The second-order valence-corrected chi connectivity index (χ2v) is 5.74. The van der Waals surface area contributed by atoms with E-state index >= 15 is 0 Å². The third-order valence-electron chi connectivity index (χ3n) is 4.15. The van der Waals surface area contributed by atoms with Gasteiger partial charge in [0.15, 0.2) is 0 Å². The number of aryl methyl sites for hydroxylation is 1. The molecule has 2 aromatic heterocycles. The SMILES string of the molecule is Cc1nc(C(F)(F)F)ccc1C(=O)N1CCCC1c1ccccn1. The van der Waals surface area contributed by atoms with Gasteiger partial charge in [0.1, 0.15) is 5.69 Å². The van der Waals surface area contributed by atoms with Crippen molar-refractivity contribution >= 4 is 5.91 Å². The fourth-order valence-corrected chi connectivity index (χ4v) is 2.99. The third kappa shape index (κ3) is 3.11. The van der Waals surface area contributed by atoms with Crippen LogP contribution in [-0.2, 0) is 6.18 Å². The van der Waals surface area contributed by atoms with E-state index in [0.717, 1.165) is 24.6 Å². The van der Waals surface area contributed by atoms with Crippen molar-refractivity contribution in [2.45, 2.75) is 32.0 Å². The van der Waals surface area contributed by atoms with Crippen molar-refractivity contribution in [2.75, 3.05) is 6.54 Å². The fraction of sp³-hybridized carbons (Fsp3) is 0.353. The number of nitrogens with zero attached hydrogens (tertiary/aromatic N) is 3. The highest BCUT2D eigenvalue weighted by atomic mass is 19.4. The van der Waals surface area contributed by atoms with E-state index in [1.54, 1.807) is 17.2 Å². The first kappa shape index (κ1) is 16.4. The van der Waals surface area contributed by atoms with Gasteiger partial charge in [-0.25, -0.2) is 4.98 Å². The maximum atomic E-state index is 12.8. The number of halogens is 3. The molecule has 1 unspecified atom stereocenters. The van der Waals surface area contributed by atoms with Gasteiger partial charge < -0.3 is 4.90 Å². The standard InChI is InChI=1S/C17H16F3N3O/c1-11-12(7-8-15(22-11)17(18,19)20)16(24)23-10-4-6-14(23)13-5-2-3-9-21-13/h2-3,5,7-9,14H,4,6,10H2,1H3. The van der Waals surface area contributed by atoms with E-state index in [1.165, 1.54) is 13.0 Å². The minimum absolute atomic E-state index is 0.0847. The first-order valence-electron chi connectivity index (χ1n) is 7.64. The molecule has 1 fully saturated rings. The van der Waals surface area contributed by atoms with Gasteiger partial charge in [0.05, 0.1) is 23.0 Å². The van der Waals surface area contributed by atoms with Crippen molar-refractivity contribution in [3.8, 4) is 0 Å². The van der Waals surface area contributed by atoms with Crippen molar-refractivity contribution in [2.24, 2.45) is 0 Å². The van der Waals surface area contributed by atoms with E-state index in [-0.39, 0.29) is 23.2 Å². The molecule has 3 heterocycles. The molecule has 0 saturated carbocycles. The van der Waals surface area contributed by atoms with Gasteiger partial charge in [-0.3, -0.25) is 9.78 Å². The lowest BCUT2D eigenvalue weighted by Crippen LogP contribution is -2.31. The average molecular weight is 335 g/mol. The number of pyridine rings is 2. The van der Waals surface area contributed by atoms with Gasteiger partial charge in [-0.2, -0.15) is 13.2 Å². The summed E-state index contributed by atoms with van der Waals surface area (Å²) < 4.78 is 38.2. The van der Waals surface area contributed by atoms with E-state index in [2.05, 4.69) is 9.97 Å². The molecule has 0 N–H and O–H groups in total. The van der Waals surface area contributed by atoms with Crippen LogP contribution in [0, 0.1) is 6.92 Å². The third-order valence-corrected chi connectivity index (χ3v) is 4.15. The summed E-state index contributed by atoms with van der Waals surface area (Å²) in [7, 11) is 0. The lowest BCUT2D eigenvalue weighted by molar-refractivity contribution is -0.141. The van der Waals surface area contributed by atoms with Gasteiger partial charge in [0.2, 0.25) is 0 Å². The highest BCUT2D eigenvalue weighted by molar-refractivity contribution is 5.95. The zero-order valence-electron chi connectivity index (χ0n) is 13.0. The number of hydrogen-bond acceptors (Lipinski definition) is 3. The Kier molecular flexibility index (Phi) is 4.26. The average Bonchev–Trinajstić information content (AvgIpc) is 3.03. The van der Waals surface area contributed by atoms with Crippen LogP contribution in [-0.4, -0.2) is 27.3 Å². The smallest absolute Gasteiger partial charge is 0.330 e. The van der Waals surface area contributed by atoms with Crippen molar-refractivity contribution in [3.63, 3.8) is 0 Å². The van der Waals surface area contributed by atoms with Crippen LogP contribution in [0.1, 0.15) is 46.3 Å². The van der Waals surface area contributed by atoms with Gasteiger partial charge in [-0.15, -0.1) is 0 Å². The van der Waals surface area contributed by atoms with Gasteiger partial charge in [0.25, 0.3) is 5.91 Å². The molecule has 24 heavy (non-hydrogen) atoms. The minimum Gasteiger partial charge on any atom is -0.330 e. The van der Waals surface area contributed by atoms with E-state index in [1.807, 2.05) is 12.1 Å². The molecule has 1 aliphatic rings. The number of aromatic nitrogens is 2. The topological polar surface area (TPSA) is 46.1 Å². The van der Waals surface area contributed by atoms with Crippen molar-refractivity contribution in [3.05, 3.63) is 59.2 Å². The lowest BCUT2D eigenvalue weighted by atomic mass is 10.1. The number of hydrogen-bond donors (Lipinski definition) is 0. The number of carbonyl (C=O) groups is 1. The molecule has 1 saturated heterocycles. The predicted octanol–water partition coefficient (Wildman–Crippen LogP) is 3.78. The first-order valence-corrected chi connectivity index (χ1v) is 7.64. The van der Waals surface area contributed by atoms with Crippen molar-refractivity contribution in [1.82, 2.24) is 14.9 Å². The Bertz CT molecular complexity index is 746. The second kappa shape index (κ2) is 6.22. The Morgan fingerprint density at radius 2 is 2.04 bits per heavy atom. The molecule has 1 aliphatic heterocycles. The summed E-state index contributed by atoms with van der Waals surface area (Å²) in [6, 6.07) is 7.42. The van der Waals surface area contributed by atoms with E-state index in [9.17, 15) is 18.0 Å². The Balaban J connectivity index is 1.89. The largest absolute Gasteiger partial charge is 0.433 e. The van der Waals surface area contributed by atoms with Crippen LogP contribution in [0.3, 0.4) is 0 Å².